The molecule has 2 atom stereocenters. The lowest BCUT2D eigenvalue weighted by Gasteiger charge is -2.35. The monoisotopic (exact) mass is 591 g/mol. The molecule has 0 unspecified atom stereocenters. The van der Waals surface area contributed by atoms with E-state index in [2.05, 4.69) is 17.6 Å². The minimum absolute atomic E-state index is 0. The van der Waals surface area contributed by atoms with E-state index in [0.717, 1.165) is 41.0 Å². The molecule has 2 aromatic carbocycles. The molecular weight excluding hydrogens is 553 g/mol. The Bertz CT molecular complexity index is 1350. The van der Waals surface area contributed by atoms with Crippen LogP contribution < -0.4 is 16.4 Å². The summed E-state index contributed by atoms with van der Waals surface area (Å²) in [7, 11) is 1.96. The molecule has 0 radical (unpaired) electrons. The zero-order valence-electron chi connectivity index (χ0n) is 23.3. The Morgan fingerprint density at radius 2 is 1.90 bits per heavy atom. The number of amides is 1. The molecule has 5 N–H and O–H groups in total. The summed E-state index contributed by atoms with van der Waals surface area (Å²) in [5, 5.41) is 14.1. The fraction of sp³-hybridized carbons (Fsp3) is 0.429. The number of anilines is 1. The molecule has 3 aromatic rings. The molecule has 0 aliphatic carbocycles. The molecule has 1 aliphatic rings. The predicted octanol–water partition coefficient (Wildman–Crippen LogP) is 3.69. The Balaban J connectivity index is 0.00000280. The van der Waals surface area contributed by atoms with Crippen molar-refractivity contribution in [1.82, 2.24) is 19.8 Å². The molecule has 218 valence electrons. The van der Waals surface area contributed by atoms with E-state index in [1.165, 1.54) is 0 Å². The van der Waals surface area contributed by atoms with E-state index in [4.69, 9.17) is 20.9 Å². The third-order valence-corrected chi connectivity index (χ3v) is 7.33. The maximum absolute atomic E-state index is 13.8. The minimum atomic E-state index is -1.12. The number of amidine groups is 1. The van der Waals surface area contributed by atoms with Crippen LogP contribution in [0.2, 0.25) is 0 Å². The van der Waals surface area contributed by atoms with Gasteiger partial charge in [0.2, 0.25) is 5.91 Å². The lowest BCUT2D eigenvalue weighted by atomic mass is 9.89. The average molecular weight is 593 g/mol. The number of benzene rings is 2. The fourth-order valence-electron chi connectivity index (χ4n) is 4.95. The van der Waals surface area contributed by atoms with E-state index in [9.17, 15) is 9.59 Å². The van der Waals surface area contributed by atoms with Crippen LogP contribution in [-0.4, -0.2) is 57.9 Å². The normalized spacial score (nSPS) is 16.0. The summed E-state index contributed by atoms with van der Waals surface area (Å²) in [5.74, 6) is 0.403. The molecule has 1 amide bonds. The largest absolute Gasteiger partial charge is 0.465 e. The van der Waals surface area contributed by atoms with Crippen molar-refractivity contribution < 1.29 is 14.3 Å². The van der Waals surface area contributed by atoms with Crippen molar-refractivity contribution in [3.05, 3.63) is 59.4 Å². The van der Waals surface area contributed by atoms with E-state index < -0.39 is 11.5 Å². The van der Waals surface area contributed by atoms with Gasteiger partial charge in [-0.15, -0.1) is 24.8 Å². The minimum Gasteiger partial charge on any atom is -0.465 e. The third kappa shape index (κ3) is 6.86. The van der Waals surface area contributed by atoms with E-state index in [-0.39, 0.29) is 55.8 Å². The Kier molecular flexibility index (Phi) is 11.4. The number of rotatable bonds is 10. The molecule has 1 aromatic heterocycles. The van der Waals surface area contributed by atoms with Gasteiger partial charge < -0.3 is 25.3 Å². The van der Waals surface area contributed by atoms with Gasteiger partial charge in [-0.2, -0.15) is 0 Å². The van der Waals surface area contributed by atoms with Gasteiger partial charge in [0.15, 0.2) is 0 Å². The number of halogens is 2. The summed E-state index contributed by atoms with van der Waals surface area (Å²) < 4.78 is 7.12. The number of likely N-dealkylation sites (tertiary alicyclic amines) is 1. The summed E-state index contributed by atoms with van der Waals surface area (Å²) in [6, 6.07) is 13.3. The first-order valence-corrected chi connectivity index (χ1v) is 13.0. The van der Waals surface area contributed by atoms with Gasteiger partial charge in [0.05, 0.1) is 30.7 Å². The van der Waals surface area contributed by atoms with Crippen molar-refractivity contribution in [2.75, 3.05) is 25.0 Å². The van der Waals surface area contributed by atoms with Gasteiger partial charge in [-0.25, -0.2) is 4.98 Å². The molecule has 40 heavy (non-hydrogen) atoms. The van der Waals surface area contributed by atoms with Gasteiger partial charge in [0, 0.05) is 30.9 Å². The second kappa shape index (κ2) is 13.8. The number of carbonyl (C=O) groups is 2. The topological polar surface area (TPSA) is 138 Å². The first-order valence-electron chi connectivity index (χ1n) is 13.0. The number of nitrogens with zero attached hydrogens (tertiary/aromatic N) is 3. The SMILES string of the molecule is CCOC(=O)CN[C@](C)(C(=O)N1CCC[C@H]1C)c1ccc2c(c1)nc(CNc1ccc(C(=N)N)cc1)n2C.Cl.Cl. The summed E-state index contributed by atoms with van der Waals surface area (Å²) in [5.41, 5.74) is 8.43. The number of aryl methyl sites for hydroxylation is 1. The third-order valence-electron chi connectivity index (χ3n) is 7.33. The Morgan fingerprint density at radius 3 is 2.50 bits per heavy atom. The first-order chi connectivity index (χ1) is 18.1. The van der Waals surface area contributed by atoms with Crippen LogP contribution >= 0.6 is 24.8 Å². The molecule has 1 saturated heterocycles. The number of ether oxygens (including phenoxy) is 1. The number of esters is 1. The molecule has 1 aliphatic heterocycles. The number of imidazole rings is 1. The summed E-state index contributed by atoms with van der Waals surface area (Å²) in [6.07, 6.45) is 1.93. The molecule has 12 heteroatoms. The number of carbonyl (C=O) groups excluding carboxylic acids is 2. The fourth-order valence-corrected chi connectivity index (χ4v) is 4.95. The number of fused-ring (bicyclic) bond motifs is 1. The second-order valence-corrected chi connectivity index (χ2v) is 9.91. The van der Waals surface area contributed by atoms with Crippen molar-refractivity contribution >= 4 is 59.2 Å². The van der Waals surface area contributed by atoms with Crippen molar-refractivity contribution in [2.24, 2.45) is 12.8 Å². The maximum Gasteiger partial charge on any atom is 0.319 e. The van der Waals surface area contributed by atoms with Crippen molar-refractivity contribution in [3.8, 4) is 0 Å². The maximum atomic E-state index is 13.8. The predicted molar refractivity (Wildman–Crippen MR) is 162 cm³/mol. The van der Waals surface area contributed by atoms with Gasteiger partial charge in [0.1, 0.15) is 17.2 Å². The quantitative estimate of drug-likeness (QED) is 0.160. The van der Waals surface area contributed by atoms with Crippen LogP contribution in [-0.2, 0) is 33.5 Å². The van der Waals surface area contributed by atoms with Crippen LogP contribution in [0.5, 0.6) is 0 Å². The average Bonchev–Trinajstić information content (AvgIpc) is 3.48. The standard InChI is InChI=1S/C28H37N7O3.2ClH/c1-5-38-25(36)17-32-28(3,27(37)35-14-6-7-18(35)2)20-10-13-23-22(15-20)33-24(34(23)4)16-31-21-11-8-19(9-12-21)26(29)30;;/h8-13,15,18,31-32H,5-7,14,16-17H2,1-4H3,(H3,29,30);2*1H/t18-,28+;;/m1../s1. The Labute approximate surface area is 247 Å². The molecule has 2 heterocycles. The van der Waals surface area contributed by atoms with Gasteiger partial charge in [-0.1, -0.05) is 6.07 Å². The van der Waals surface area contributed by atoms with Crippen molar-refractivity contribution in [3.63, 3.8) is 0 Å². The highest BCUT2D eigenvalue weighted by molar-refractivity contribution is 5.95. The van der Waals surface area contributed by atoms with Crippen LogP contribution in [0.15, 0.2) is 42.5 Å². The summed E-state index contributed by atoms with van der Waals surface area (Å²) in [4.78, 5) is 32.8. The lowest BCUT2D eigenvalue weighted by Crippen LogP contribution is -2.55. The molecule has 0 spiro atoms. The van der Waals surface area contributed by atoms with Gasteiger partial charge in [0.25, 0.3) is 0 Å². The molecule has 4 rings (SSSR count). The number of aromatic nitrogens is 2. The Morgan fingerprint density at radius 1 is 1.20 bits per heavy atom. The van der Waals surface area contributed by atoms with E-state index in [0.29, 0.717) is 18.7 Å². The van der Waals surface area contributed by atoms with E-state index in [1.54, 1.807) is 19.1 Å². The van der Waals surface area contributed by atoms with Crippen LogP contribution in [0.4, 0.5) is 5.69 Å². The van der Waals surface area contributed by atoms with Crippen LogP contribution in [0.1, 0.15) is 50.6 Å². The van der Waals surface area contributed by atoms with Gasteiger partial charge >= 0.3 is 5.97 Å². The molecule has 0 saturated carbocycles. The number of nitrogens with two attached hydrogens (primary N) is 1. The molecule has 10 nitrogen and oxygen atoms in total. The van der Waals surface area contributed by atoms with Gasteiger partial charge in [-0.05, 0) is 75.6 Å². The highest BCUT2D eigenvalue weighted by atomic mass is 35.5. The number of hydrogen-bond donors (Lipinski definition) is 4. The van der Waals surface area contributed by atoms with Crippen LogP contribution in [0.25, 0.3) is 11.0 Å². The number of nitrogen functional groups attached to an aromatic ring is 1. The van der Waals surface area contributed by atoms with Crippen molar-refractivity contribution in [1.29, 1.82) is 5.41 Å². The second-order valence-electron chi connectivity index (χ2n) is 9.91. The summed E-state index contributed by atoms with van der Waals surface area (Å²) >= 11 is 0. The number of hydrogen-bond acceptors (Lipinski definition) is 7. The van der Waals surface area contributed by atoms with Gasteiger partial charge in [-0.3, -0.25) is 20.3 Å². The smallest absolute Gasteiger partial charge is 0.319 e. The van der Waals surface area contributed by atoms with E-state index >= 15 is 0 Å². The number of nitrogens with one attached hydrogen (secondary N) is 3. The highest BCUT2D eigenvalue weighted by Gasteiger charge is 2.41. The van der Waals surface area contributed by atoms with Crippen LogP contribution in [0, 0.1) is 5.41 Å². The first kappa shape index (κ1) is 32.9. The summed E-state index contributed by atoms with van der Waals surface area (Å²) in [6.45, 7) is 7.05. The molecule has 1 fully saturated rings. The zero-order chi connectivity index (χ0) is 27.4. The highest BCUT2D eigenvalue weighted by Crippen LogP contribution is 2.30. The zero-order valence-corrected chi connectivity index (χ0v) is 25.0. The Hall–Kier alpha value is -3.34. The lowest BCUT2D eigenvalue weighted by molar-refractivity contribution is -0.144. The molecular formula is C28H39Cl2N7O3. The van der Waals surface area contributed by atoms with Crippen molar-refractivity contribution in [2.45, 2.75) is 51.7 Å². The molecule has 0 bridgehead atoms. The van der Waals surface area contributed by atoms with E-state index in [1.807, 2.05) is 53.8 Å². The van der Waals surface area contributed by atoms with Crippen LogP contribution in [0.3, 0.4) is 0 Å².